The van der Waals surface area contributed by atoms with Gasteiger partial charge in [0, 0.05) is 24.5 Å². The van der Waals surface area contributed by atoms with Crippen LogP contribution in [-0.2, 0) is 0 Å². The van der Waals surface area contributed by atoms with Gasteiger partial charge in [0.1, 0.15) is 6.26 Å². The Kier molecular flexibility index (Phi) is 4.00. The molecule has 2 amide bonds. The van der Waals surface area contributed by atoms with Crippen molar-refractivity contribution >= 4 is 6.03 Å². The molecule has 5 aliphatic rings. The zero-order valence-corrected chi connectivity index (χ0v) is 16.7. The molecule has 2 aromatic rings. The molecular formula is C22H28N4O3. The Morgan fingerprint density at radius 2 is 1.76 bits per heavy atom. The normalized spacial score (nSPS) is 33.9. The van der Waals surface area contributed by atoms with Gasteiger partial charge in [0.15, 0.2) is 0 Å². The van der Waals surface area contributed by atoms with Crippen molar-refractivity contribution in [3.8, 4) is 11.5 Å². The monoisotopic (exact) mass is 396 g/mol. The van der Waals surface area contributed by atoms with Gasteiger partial charge < -0.3 is 19.1 Å². The number of aromatic nitrogens is 2. The quantitative estimate of drug-likeness (QED) is 0.841. The first-order valence-electron chi connectivity index (χ1n) is 11.1. The fraction of sp³-hybridized carbons (Fsp3) is 0.682. The zero-order chi connectivity index (χ0) is 19.4. The van der Waals surface area contributed by atoms with Gasteiger partial charge in [-0.25, -0.2) is 4.79 Å². The lowest BCUT2D eigenvalue weighted by Crippen LogP contribution is -2.62. The van der Waals surface area contributed by atoms with Gasteiger partial charge in [0.05, 0.1) is 11.8 Å². The first-order valence-corrected chi connectivity index (χ1v) is 11.1. The molecule has 7 rings (SSSR count). The number of piperidine rings is 1. The van der Waals surface area contributed by atoms with E-state index in [9.17, 15) is 4.79 Å². The predicted molar refractivity (Wildman–Crippen MR) is 105 cm³/mol. The molecule has 7 heteroatoms. The summed E-state index contributed by atoms with van der Waals surface area (Å²) in [7, 11) is 0. The first-order chi connectivity index (χ1) is 14.2. The third-order valence-corrected chi connectivity index (χ3v) is 7.75. The number of rotatable bonds is 3. The van der Waals surface area contributed by atoms with Crippen molar-refractivity contribution in [2.75, 3.05) is 13.1 Å². The molecule has 154 valence electrons. The SMILES string of the molecule is O=C(NC12CC3CC(CC(C3)C1)C2)N1CCC(c2nnc(-c3ccoc3)o2)CC1. The average Bonchev–Trinajstić information content (AvgIpc) is 3.38. The Bertz CT molecular complexity index is 846. The topological polar surface area (TPSA) is 84.4 Å². The highest BCUT2D eigenvalue weighted by Crippen LogP contribution is 2.55. The average molecular weight is 396 g/mol. The van der Waals surface area contributed by atoms with E-state index in [-0.39, 0.29) is 17.5 Å². The van der Waals surface area contributed by atoms with Crippen molar-refractivity contribution in [2.45, 2.75) is 62.8 Å². The lowest BCUT2D eigenvalue weighted by Gasteiger charge is -2.57. The standard InChI is InChI=1S/C22H28N4O3/c27-21(23-22-10-14-7-15(11-22)9-16(8-14)12-22)26-4-1-17(2-5-26)19-24-25-20(29-19)18-3-6-28-13-18/h3,6,13-17H,1-2,4-5,7-12H2,(H,23,27). The Hall–Kier alpha value is -2.31. The van der Waals surface area contributed by atoms with E-state index in [2.05, 4.69) is 15.5 Å². The molecular weight excluding hydrogens is 368 g/mol. The number of nitrogens with zero attached hydrogens (tertiary/aromatic N) is 3. The number of urea groups is 1. The van der Waals surface area contributed by atoms with Crippen molar-refractivity contribution in [2.24, 2.45) is 17.8 Å². The summed E-state index contributed by atoms with van der Waals surface area (Å²) >= 11 is 0. The second-order valence-corrected chi connectivity index (χ2v) is 9.85. The summed E-state index contributed by atoms with van der Waals surface area (Å²) < 4.78 is 10.9. The molecule has 0 atom stereocenters. The molecule has 5 fully saturated rings. The van der Waals surface area contributed by atoms with Gasteiger partial charge in [0.25, 0.3) is 5.89 Å². The summed E-state index contributed by atoms with van der Waals surface area (Å²) in [5.74, 6) is 3.91. The molecule has 1 saturated heterocycles. The number of amides is 2. The largest absolute Gasteiger partial charge is 0.472 e. The van der Waals surface area contributed by atoms with Crippen molar-refractivity contribution < 1.29 is 13.6 Å². The molecule has 1 N–H and O–H groups in total. The Balaban J connectivity index is 1.07. The molecule has 4 aliphatic carbocycles. The van der Waals surface area contributed by atoms with E-state index in [4.69, 9.17) is 8.83 Å². The van der Waals surface area contributed by atoms with Crippen LogP contribution in [0.1, 0.15) is 63.2 Å². The Morgan fingerprint density at radius 1 is 1.07 bits per heavy atom. The fourth-order valence-electron chi connectivity index (χ4n) is 6.80. The third kappa shape index (κ3) is 3.15. The number of hydrogen-bond donors (Lipinski definition) is 1. The van der Waals surface area contributed by atoms with Crippen LogP contribution in [0.3, 0.4) is 0 Å². The van der Waals surface area contributed by atoms with Gasteiger partial charge >= 0.3 is 6.03 Å². The van der Waals surface area contributed by atoms with Gasteiger partial charge in [-0.3, -0.25) is 0 Å². The van der Waals surface area contributed by atoms with E-state index >= 15 is 0 Å². The molecule has 0 spiro atoms. The maximum atomic E-state index is 13.0. The summed E-state index contributed by atoms with van der Waals surface area (Å²) in [6.07, 6.45) is 12.7. The maximum Gasteiger partial charge on any atom is 0.317 e. The van der Waals surface area contributed by atoms with Crippen LogP contribution in [0.25, 0.3) is 11.5 Å². The van der Waals surface area contributed by atoms with Crippen LogP contribution < -0.4 is 5.32 Å². The van der Waals surface area contributed by atoms with Crippen molar-refractivity contribution in [1.82, 2.24) is 20.4 Å². The second kappa shape index (κ2) is 6.61. The molecule has 4 bridgehead atoms. The van der Waals surface area contributed by atoms with Crippen LogP contribution in [0.4, 0.5) is 4.79 Å². The molecule has 1 aliphatic heterocycles. The minimum absolute atomic E-state index is 0.0780. The van der Waals surface area contributed by atoms with Crippen molar-refractivity contribution in [3.05, 3.63) is 24.5 Å². The van der Waals surface area contributed by atoms with Crippen molar-refractivity contribution in [1.29, 1.82) is 0 Å². The van der Waals surface area contributed by atoms with Crippen LogP contribution in [0.15, 0.2) is 27.4 Å². The van der Waals surface area contributed by atoms with Crippen LogP contribution >= 0.6 is 0 Å². The number of nitrogens with one attached hydrogen (secondary N) is 1. The van der Waals surface area contributed by atoms with Crippen LogP contribution in [0, 0.1) is 17.8 Å². The van der Waals surface area contributed by atoms with Crippen LogP contribution in [-0.4, -0.2) is 39.8 Å². The zero-order valence-electron chi connectivity index (χ0n) is 16.7. The lowest BCUT2D eigenvalue weighted by atomic mass is 9.53. The third-order valence-electron chi connectivity index (χ3n) is 7.75. The van der Waals surface area contributed by atoms with Gasteiger partial charge in [-0.15, -0.1) is 10.2 Å². The summed E-state index contributed by atoms with van der Waals surface area (Å²) in [6.45, 7) is 1.48. The summed E-state index contributed by atoms with van der Waals surface area (Å²) in [5, 5.41) is 11.9. The molecule has 0 unspecified atom stereocenters. The maximum absolute atomic E-state index is 13.0. The smallest absolute Gasteiger partial charge is 0.317 e. The van der Waals surface area contributed by atoms with Gasteiger partial charge in [0.2, 0.25) is 5.89 Å². The highest BCUT2D eigenvalue weighted by Gasteiger charge is 2.51. The molecule has 0 aromatic carbocycles. The van der Waals surface area contributed by atoms with E-state index < -0.39 is 0 Å². The molecule has 4 saturated carbocycles. The fourth-order valence-corrected chi connectivity index (χ4v) is 6.80. The minimum atomic E-state index is 0.0780. The first kappa shape index (κ1) is 17.5. The van der Waals surface area contributed by atoms with Gasteiger partial charge in [-0.1, -0.05) is 0 Å². The van der Waals surface area contributed by atoms with E-state index in [1.165, 1.54) is 38.5 Å². The molecule has 0 radical (unpaired) electrons. The highest BCUT2D eigenvalue weighted by molar-refractivity contribution is 5.75. The molecule has 3 heterocycles. The summed E-state index contributed by atoms with van der Waals surface area (Å²) in [4.78, 5) is 15.0. The van der Waals surface area contributed by atoms with Crippen LogP contribution in [0.2, 0.25) is 0 Å². The number of furan rings is 1. The summed E-state index contributed by atoms with van der Waals surface area (Å²) in [5.41, 5.74) is 0.880. The van der Waals surface area contributed by atoms with E-state index in [0.717, 1.165) is 49.2 Å². The number of hydrogen-bond acceptors (Lipinski definition) is 5. The van der Waals surface area contributed by atoms with Crippen LogP contribution in [0.5, 0.6) is 0 Å². The van der Waals surface area contributed by atoms with Gasteiger partial charge in [-0.2, -0.15) is 0 Å². The van der Waals surface area contributed by atoms with E-state index in [1.54, 1.807) is 12.5 Å². The molecule has 2 aromatic heterocycles. The minimum Gasteiger partial charge on any atom is -0.472 e. The van der Waals surface area contributed by atoms with E-state index in [0.29, 0.717) is 11.8 Å². The van der Waals surface area contributed by atoms with Gasteiger partial charge in [-0.05, 0) is 75.2 Å². The summed E-state index contributed by atoms with van der Waals surface area (Å²) in [6, 6.07) is 1.95. The Morgan fingerprint density at radius 3 is 2.38 bits per heavy atom. The second-order valence-electron chi connectivity index (χ2n) is 9.85. The lowest BCUT2D eigenvalue weighted by molar-refractivity contribution is -0.0160. The van der Waals surface area contributed by atoms with E-state index in [1.807, 2.05) is 11.0 Å². The number of carbonyl (C=O) groups excluding carboxylic acids is 1. The highest BCUT2D eigenvalue weighted by atomic mass is 16.4. The number of carbonyl (C=O) groups is 1. The Labute approximate surface area is 170 Å². The molecule has 29 heavy (non-hydrogen) atoms. The molecule has 7 nitrogen and oxygen atoms in total. The van der Waals surface area contributed by atoms with Crippen molar-refractivity contribution in [3.63, 3.8) is 0 Å². The number of likely N-dealkylation sites (tertiary alicyclic amines) is 1. The predicted octanol–water partition coefficient (Wildman–Crippen LogP) is 4.19.